The van der Waals surface area contributed by atoms with Crippen molar-refractivity contribution in [1.82, 2.24) is 5.32 Å². The standard InChI is InChI=1S/C14H19ClN2O/c1-13(2)12(14(13,3)4)17-11(18)10-8(15)6-5-7-9(10)16/h5-7,12H,16H2,1-4H3,(H,17,18). The predicted octanol–water partition coefficient (Wildman–Crippen LogP) is 3.09. The Kier molecular flexibility index (Phi) is 2.85. The van der Waals surface area contributed by atoms with Gasteiger partial charge in [0.05, 0.1) is 10.6 Å². The van der Waals surface area contributed by atoms with Gasteiger partial charge in [-0.25, -0.2) is 0 Å². The maximum atomic E-state index is 12.2. The van der Waals surface area contributed by atoms with Crippen LogP contribution in [-0.4, -0.2) is 11.9 Å². The molecule has 0 aliphatic heterocycles. The third-order valence-corrected chi connectivity index (χ3v) is 4.88. The molecule has 0 atom stereocenters. The van der Waals surface area contributed by atoms with Gasteiger partial charge in [0.2, 0.25) is 0 Å². The molecule has 1 aromatic rings. The Hall–Kier alpha value is -1.22. The van der Waals surface area contributed by atoms with Gasteiger partial charge in [-0.3, -0.25) is 4.79 Å². The Morgan fingerprint density at radius 1 is 1.28 bits per heavy atom. The molecule has 4 heteroatoms. The van der Waals surface area contributed by atoms with Crippen LogP contribution in [-0.2, 0) is 0 Å². The van der Waals surface area contributed by atoms with E-state index < -0.39 is 0 Å². The van der Waals surface area contributed by atoms with Crippen LogP contribution in [0, 0.1) is 10.8 Å². The Bertz CT molecular complexity index is 474. The molecular weight excluding hydrogens is 248 g/mol. The first-order chi connectivity index (χ1) is 8.19. The minimum Gasteiger partial charge on any atom is -0.398 e. The number of benzene rings is 1. The molecule has 0 aromatic heterocycles. The van der Waals surface area contributed by atoms with Crippen molar-refractivity contribution in [3.63, 3.8) is 0 Å². The molecule has 1 aromatic carbocycles. The molecular formula is C14H19ClN2O. The summed E-state index contributed by atoms with van der Waals surface area (Å²) in [6, 6.07) is 5.24. The van der Waals surface area contributed by atoms with Crippen molar-refractivity contribution in [2.45, 2.75) is 33.7 Å². The number of nitrogens with two attached hydrogens (primary N) is 1. The highest BCUT2D eigenvalue weighted by Crippen LogP contribution is 2.62. The minimum atomic E-state index is -0.193. The van der Waals surface area contributed by atoms with E-state index in [2.05, 4.69) is 33.0 Å². The minimum absolute atomic E-state index is 0.0959. The summed E-state index contributed by atoms with van der Waals surface area (Å²) in [4.78, 5) is 12.2. The monoisotopic (exact) mass is 266 g/mol. The fourth-order valence-corrected chi connectivity index (χ4v) is 2.81. The smallest absolute Gasteiger partial charge is 0.255 e. The maximum absolute atomic E-state index is 12.2. The van der Waals surface area contributed by atoms with Crippen LogP contribution in [0.1, 0.15) is 38.1 Å². The number of carbonyl (C=O) groups is 1. The van der Waals surface area contributed by atoms with Gasteiger partial charge in [-0.15, -0.1) is 0 Å². The van der Waals surface area contributed by atoms with Gasteiger partial charge >= 0.3 is 0 Å². The number of carbonyl (C=O) groups excluding carboxylic acids is 1. The SMILES string of the molecule is CC1(C)C(NC(=O)c2c(N)cccc2Cl)C1(C)C. The zero-order chi connectivity index (χ0) is 13.7. The first kappa shape index (κ1) is 13.2. The molecule has 3 nitrogen and oxygen atoms in total. The van der Waals surface area contributed by atoms with E-state index in [1.54, 1.807) is 18.2 Å². The van der Waals surface area contributed by atoms with E-state index in [1.807, 2.05) is 0 Å². The molecule has 1 fully saturated rings. The molecule has 0 radical (unpaired) electrons. The summed E-state index contributed by atoms with van der Waals surface area (Å²) in [5, 5.41) is 3.42. The Morgan fingerprint density at radius 2 is 1.83 bits per heavy atom. The summed E-state index contributed by atoms with van der Waals surface area (Å²) in [5.74, 6) is -0.193. The highest BCUT2D eigenvalue weighted by molar-refractivity contribution is 6.34. The Morgan fingerprint density at radius 3 is 2.28 bits per heavy atom. The van der Waals surface area contributed by atoms with Gasteiger partial charge in [0.15, 0.2) is 0 Å². The van der Waals surface area contributed by atoms with E-state index in [9.17, 15) is 4.79 Å². The lowest BCUT2D eigenvalue weighted by molar-refractivity contribution is 0.0944. The average Bonchev–Trinajstić information content (AvgIpc) is 2.60. The lowest BCUT2D eigenvalue weighted by atomic mass is 10.0. The van der Waals surface area contributed by atoms with Crippen LogP contribution in [0.2, 0.25) is 5.02 Å². The number of rotatable bonds is 2. The van der Waals surface area contributed by atoms with Crippen LogP contribution < -0.4 is 11.1 Å². The molecule has 1 saturated carbocycles. The predicted molar refractivity (Wildman–Crippen MR) is 74.7 cm³/mol. The van der Waals surface area contributed by atoms with Gasteiger partial charge < -0.3 is 11.1 Å². The zero-order valence-electron chi connectivity index (χ0n) is 11.2. The van der Waals surface area contributed by atoms with Crippen molar-refractivity contribution in [2.24, 2.45) is 10.8 Å². The van der Waals surface area contributed by atoms with Crippen molar-refractivity contribution >= 4 is 23.2 Å². The Labute approximate surface area is 113 Å². The van der Waals surface area contributed by atoms with E-state index in [0.29, 0.717) is 16.3 Å². The summed E-state index contributed by atoms with van der Waals surface area (Å²) in [7, 11) is 0. The second-order valence-corrected chi connectivity index (χ2v) is 6.46. The maximum Gasteiger partial charge on any atom is 0.255 e. The summed E-state index contributed by atoms with van der Waals surface area (Å²) >= 11 is 6.03. The number of nitrogens with one attached hydrogen (secondary N) is 1. The van der Waals surface area contributed by atoms with Crippen LogP contribution in [0.5, 0.6) is 0 Å². The van der Waals surface area contributed by atoms with Gasteiger partial charge in [-0.05, 0) is 23.0 Å². The van der Waals surface area contributed by atoms with Crippen molar-refractivity contribution in [2.75, 3.05) is 5.73 Å². The molecule has 18 heavy (non-hydrogen) atoms. The fraction of sp³-hybridized carbons (Fsp3) is 0.500. The van der Waals surface area contributed by atoms with Crippen molar-refractivity contribution in [3.05, 3.63) is 28.8 Å². The van der Waals surface area contributed by atoms with E-state index in [1.165, 1.54) is 0 Å². The average molecular weight is 267 g/mol. The number of halogens is 1. The molecule has 0 unspecified atom stereocenters. The van der Waals surface area contributed by atoms with E-state index in [4.69, 9.17) is 17.3 Å². The summed E-state index contributed by atoms with van der Waals surface area (Å²) in [6.07, 6.45) is 0. The van der Waals surface area contributed by atoms with Crippen LogP contribution in [0.15, 0.2) is 18.2 Å². The molecule has 3 N–H and O–H groups in total. The van der Waals surface area contributed by atoms with Crippen LogP contribution in [0.3, 0.4) is 0 Å². The van der Waals surface area contributed by atoms with Crippen LogP contribution >= 0.6 is 11.6 Å². The highest BCUT2D eigenvalue weighted by atomic mass is 35.5. The molecule has 0 spiro atoms. The third-order valence-electron chi connectivity index (χ3n) is 4.57. The highest BCUT2D eigenvalue weighted by Gasteiger charge is 2.65. The number of amides is 1. The molecule has 0 heterocycles. The first-order valence-corrected chi connectivity index (χ1v) is 6.42. The van der Waals surface area contributed by atoms with Gasteiger partial charge in [-0.1, -0.05) is 45.4 Å². The van der Waals surface area contributed by atoms with Crippen molar-refractivity contribution in [3.8, 4) is 0 Å². The molecule has 1 amide bonds. The van der Waals surface area contributed by atoms with E-state index in [-0.39, 0.29) is 22.8 Å². The molecule has 98 valence electrons. The van der Waals surface area contributed by atoms with Gasteiger partial charge in [-0.2, -0.15) is 0 Å². The zero-order valence-corrected chi connectivity index (χ0v) is 11.9. The van der Waals surface area contributed by atoms with Crippen molar-refractivity contribution < 1.29 is 4.79 Å². The topological polar surface area (TPSA) is 55.1 Å². The van der Waals surface area contributed by atoms with Gasteiger partial charge in [0, 0.05) is 11.7 Å². The quantitative estimate of drug-likeness (QED) is 0.809. The molecule has 0 saturated heterocycles. The second-order valence-electron chi connectivity index (χ2n) is 6.05. The molecule has 1 aliphatic rings. The van der Waals surface area contributed by atoms with Crippen LogP contribution in [0.25, 0.3) is 0 Å². The lowest BCUT2D eigenvalue weighted by Crippen LogP contribution is -2.30. The molecule has 0 bridgehead atoms. The van der Waals surface area contributed by atoms with Crippen molar-refractivity contribution in [1.29, 1.82) is 0 Å². The third kappa shape index (κ3) is 1.77. The van der Waals surface area contributed by atoms with E-state index >= 15 is 0 Å². The molecule has 2 rings (SSSR count). The summed E-state index contributed by atoms with van der Waals surface area (Å²) < 4.78 is 0. The first-order valence-electron chi connectivity index (χ1n) is 6.04. The summed E-state index contributed by atoms with van der Waals surface area (Å²) in [5.41, 5.74) is 6.79. The van der Waals surface area contributed by atoms with Gasteiger partial charge in [0.25, 0.3) is 5.91 Å². The number of nitrogen functional groups attached to an aromatic ring is 1. The number of hydrogen-bond acceptors (Lipinski definition) is 2. The Balaban J connectivity index is 2.20. The van der Waals surface area contributed by atoms with E-state index in [0.717, 1.165) is 0 Å². The normalized spacial score (nSPS) is 20.5. The summed E-state index contributed by atoms with van der Waals surface area (Å²) in [6.45, 7) is 8.59. The largest absolute Gasteiger partial charge is 0.398 e. The number of anilines is 1. The number of hydrogen-bond donors (Lipinski definition) is 2. The fourth-order valence-electron chi connectivity index (χ4n) is 2.54. The lowest BCUT2D eigenvalue weighted by Gasteiger charge is -2.10. The van der Waals surface area contributed by atoms with Crippen LogP contribution in [0.4, 0.5) is 5.69 Å². The molecule has 1 aliphatic carbocycles. The second kappa shape index (κ2) is 3.89. The van der Waals surface area contributed by atoms with Gasteiger partial charge in [0.1, 0.15) is 0 Å².